The average Bonchev–Trinajstić information content (AvgIpc) is 3.64. The zero-order valence-corrected chi connectivity index (χ0v) is 34.8. The van der Waals surface area contributed by atoms with Crippen molar-refractivity contribution in [3.8, 4) is 0 Å². The van der Waals surface area contributed by atoms with Crippen LogP contribution >= 0.6 is 0 Å². The van der Waals surface area contributed by atoms with Crippen LogP contribution in [0.1, 0.15) is 106 Å². The fourth-order valence-corrected chi connectivity index (χ4v) is 3.92. The van der Waals surface area contributed by atoms with E-state index in [1.54, 1.807) is 69.4 Å². The first kappa shape index (κ1) is 53.4. The lowest BCUT2D eigenvalue weighted by Gasteiger charge is -2.20. The second-order valence-corrected chi connectivity index (χ2v) is 15.3. The number of nitrogens with two attached hydrogens (primary N) is 1. The fraction of sp³-hybridized carbons (Fsp3) is 0.684. The zero-order valence-electron chi connectivity index (χ0n) is 34.8. The molecule has 0 saturated carbocycles. The summed E-state index contributed by atoms with van der Waals surface area (Å²) in [5.74, 6) is -1.98. The molecule has 0 aromatic heterocycles. The minimum absolute atomic E-state index is 0.107. The molecule has 1 fully saturated rings. The summed E-state index contributed by atoms with van der Waals surface area (Å²) in [5.41, 5.74) is 4.24. The van der Waals surface area contributed by atoms with E-state index in [9.17, 15) is 28.8 Å². The smallest absolute Gasteiger partial charge is 0.480 e. The van der Waals surface area contributed by atoms with Crippen LogP contribution in [0.15, 0.2) is 30.3 Å². The predicted octanol–water partition coefficient (Wildman–Crippen LogP) is 5.31. The number of ether oxygens (including phenoxy) is 5. The molecule has 0 radical (unpaired) electrons. The van der Waals surface area contributed by atoms with Crippen LogP contribution in [-0.2, 0) is 39.9 Å². The van der Waals surface area contributed by atoms with Crippen LogP contribution in [0.4, 0.5) is 19.2 Å². The number of benzene rings is 1. The molecule has 0 spiro atoms. The number of hydrogen-bond acceptors (Lipinski definition) is 14. The van der Waals surface area contributed by atoms with E-state index >= 15 is 0 Å². The third kappa shape index (κ3) is 35.0. The lowest BCUT2D eigenvalue weighted by molar-refractivity contribution is -0.140. The highest BCUT2D eigenvalue weighted by Crippen LogP contribution is 2.12. The molecule has 2 atom stereocenters. The number of carbonyl (C=O) groups is 6. The molecule has 1 aliphatic rings. The Bertz CT molecular complexity index is 1260. The molecule has 0 bridgehead atoms. The summed E-state index contributed by atoms with van der Waals surface area (Å²) in [4.78, 5) is 66.3. The van der Waals surface area contributed by atoms with E-state index in [2.05, 4.69) is 26.0 Å². The maximum atomic E-state index is 11.5. The summed E-state index contributed by atoms with van der Waals surface area (Å²) in [7, 11) is 1.60. The Morgan fingerprint density at radius 3 is 1.61 bits per heavy atom. The van der Waals surface area contributed by atoms with Crippen LogP contribution in [0.25, 0.3) is 0 Å². The number of likely N-dealkylation sites (N-methyl/N-ethyl adjacent to an activating group) is 1. The molecule has 8 N–H and O–H groups in total. The van der Waals surface area contributed by atoms with Crippen molar-refractivity contribution in [3.63, 3.8) is 0 Å². The van der Waals surface area contributed by atoms with Crippen LogP contribution in [0.3, 0.4) is 0 Å². The van der Waals surface area contributed by atoms with Crippen molar-refractivity contribution in [1.82, 2.24) is 21.3 Å². The van der Waals surface area contributed by atoms with Gasteiger partial charge in [-0.15, -0.1) is 0 Å². The number of carboxylic acid groups (broad SMARTS) is 2. The van der Waals surface area contributed by atoms with Gasteiger partial charge in [0.25, 0.3) is 0 Å². The minimum atomic E-state index is -1.09. The van der Waals surface area contributed by atoms with Gasteiger partial charge in [0.15, 0.2) is 0 Å². The van der Waals surface area contributed by atoms with Gasteiger partial charge in [0, 0.05) is 6.54 Å². The van der Waals surface area contributed by atoms with Crippen LogP contribution in [0, 0.1) is 0 Å². The van der Waals surface area contributed by atoms with Gasteiger partial charge in [0.2, 0.25) is 0 Å². The Hall–Kier alpha value is -4.68. The summed E-state index contributed by atoms with van der Waals surface area (Å²) in [6, 6.07) is 7.61. The molecule has 18 heteroatoms. The summed E-state index contributed by atoms with van der Waals surface area (Å²) in [5, 5.41) is 28.5. The maximum absolute atomic E-state index is 11.5. The Morgan fingerprint density at radius 1 is 0.732 bits per heavy atom. The van der Waals surface area contributed by atoms with Crippen molar-refractivity contribution in [2.45, 2.75) is 136 Å². The summed E-state index contributed by atoms with van der Waals surface area (Å²) in [6.07, 6.45) is 1.29. The van der Waals surface area contributed by atoms with Crippen LogP contribution < -0.4 is 27.0 Å². The molecule has 1 heterocycles. The number of rotatable bonds is 13. The summed E-state index contributed by atoms with van der Waals surface area (Å²) < 4.78 is 23.8. The first-order valence-electron chi connectivity index (χ1n) is 18.5. The number of nitrogens with one attached hydrogen (secondary N) is 4. The third-order valence-electron chi connectivity index (χ3n) is 6.39. The quantitative estimate of drug-likeness (QED) is 0.0577. The predicted molar refractivity (Wildman–Crippen MR) is 209 cm³/mol. The van der Waals surface area contributed by atoms with Crippen LogP contribution in [0.2, 0.25) is 0 Å². The summed E-state index contributed by atoms with van der Waals surface area (Å²) in [6.45, 7) is 18.8. The molecule has 1 aromatic carbocycles. The molecule has 1 aliphatic heterocycles. The highest BCUT2D eigenvalue weighted by molar-refractivity contribution is 5.80. The van der Waals surface area contributed by atoms with E-state index in [1.807, 2.05) is 30.3 Å². The number of aliphatic carboxylic acids is 2. The van der Waals surface area contributed by atoms with E-state index in [1.165, 1.54) is 25.9 Å². The Kier molecular flexibility index (Phi) is 27.4. The van der Waals surface area contributed by atoms with E-state index in [0.717, 1.165) is 5.56 Å². The van der Waals surface area contributed by atoms with Gasteiger partial charge in [-0.1, -0.05) is 30.3 Å². The first-order chi connectivity index (χ1) is 25.9. The molecule has 0 aliphatic carbocycles. The topological polar surface area (TPSA) is 263 Å². The molecule has 0 unspecified atom stereocenters. The Labute approximate surface area is 331 Å². The highest BCUT2D eigenvalue weighted by Gasteiger charge is 2.24. The average molecular weight is 802 g/mol. The molecule has 1 aromatic rings. The number of amides is 2. The van der Waals surface area contributed by atoms with E-state index in [-0.39, 0.29) is 13.0 Å². The van der Waals surface area contributed by atoms with Crippen molar-refractivity contribution < 1.29 is 62.7 Å². The van der Waals surface area contributed by atoms with Gasteiger partial charge in [-0.3, -0.25) is 4.79 Å². The van der Waals surface area contributed by atoms with Crippen molar-refractivity contribution in [1.29, 1.82) is 0 Å². The van der Waals surface area contributed by atoms with Crippen LogP contribution in [0.5, 0.6) is 0 Å². The SMILES string of the molecule is C1CCNC1.CC(C)(C)OC(=O)OC(=O)OC(C)(C)C.CN[C@H](CCCNC(=O)OC(C)(C)C)C(=O)O.NCCC[C@@H](NC(=O)OCc1ccccc1)C(=O)O. The Balaban J connectivity index is 0. The molecule has 18 nitrogen and oxygen atoms in total. The van der Waals surface area contributed by atoms with E-state index in [4.69, 9.17) is 34.9 Å². The Morgan fingerprint density at radius 2 is 1.21 bits per heavy atom. The van der Waals surface area contributed by atoms with Gasteiger partial charge in [-0.05, 0) is 133 Å². The minimum Gasteiger partial charge on any atom is -0.480 e. The standard InChI is InChI=1S/C13H18N2O4.C11H22N2O4.C10H18O5.C4H9N/c14-8-4-7-11(12(16)17)15-13(18)19-9-10-5-2-1-3-6-10;1-11(2,3)17-10(16)13-7-5-6-8(12-4)9(14)15;1-9(2,3)14-7(11)13-8(12)15-10(4,5)6;1-2-4-5-3-1/h1-3,5-6,11H,4,7-9,14H2,(H,15,18)(H,16,17);8,12H,5-7H2,1-4H3,(H,13,16)(H,14,15);1-6H3;5H,1-4H2/t11-;8-;;/m11../s1. The second-order valence-electron chi connectivity index (χ2n) is 15.3. The lowest BCUT2D eigenvalue weighted by Crippen LogP contribution is -2.41. The normalized spacial score (nSPS) is 13.2. The molecular weight excluding hydrogens is 734 g/mol. The summed E-state index contributed by atoms with van der Waals surface area (Å²) >= 11 is 0. The van der Waals surface area contributed by atoms with Crippen LogP contribution in [-0.4, -0.2) is 109 Å². The fourth-order valence-electron chi connectivity index (χ4n) is 3.92. The first-order valence-corrected chi connectivity index (χ1v) is 18.5. The molecule has 56 heavy (non-hydrogen) atoms. The van der Waals surface area contributed by atoms with Crippen molar-refractivity contribution in [3.05, 3.63) is 35.9 Å². The van der Waals surface area contributed by atoms with Crippen molar-refractivity contribution >= 4 is 36.4 Å². The van der Waals surface area contributed by atoms with Crippen molar-refractivity contribution in [2.75, 3.05) is 33.2 Å². The lowest BCUT2D eigenvalue weighted by atomic mass is 10.1. The van der Waals surface area contributed by atoms with Gasteiger partial charge < -0.3 is 60.9 Å². The molecule has 322 valence electrons. The molecule has 1 saturated heterocycles. The van der Waals surface area contributed by atoms with Gasteiger partial charge in [0.1, 0.15) is 35.5 Å². The maximum Gasteiger partial charge on any atom is 0.519 e. The van der Waals surface area contributed by atoms with E-state index < -0.39 is 65.3 Å². The van der Waals surface area contributed by atoms with Gasteiger partial charge in [-0.25, -0.2) is 24.0 Å². The number of hydrogen-bond donors (Lipinski definition) is 7. The highest BCUT2D eigenvalue weighted by atomic mass is 16.8. The molecule has 2 amide bonds. The van der Waals surface area contributed by atoms with Gasteiger partial charge in [-0.2, -0.15) is 0 Å². The van der Waals surface area contributed by atoms with Gasteiger partial charge >= 0.3 is 36.4 Å². The van der Waals surface area contributed by atoms with Gasteiger partial charge in [0.05, 0.1) is 0 Å². The third-order valence-corrected chi connectivity index (χ3v) is 6.39. The monoisotopic (exact) mass is 801 g/mol. The van der Waals surface area contributed by atoms with Crippen molar-refractivity contribution in [2.24, 2.45) is 5.73 Å². The zero-order chi connectivity index (χ0) is 43.4. The second kappa shape index (κ2) is 28.7. The number of alkyl carbamates (subject to hydrolysis) is 2. The van der Waals surface area contributed by atoms with E-state index in [0.29, 0.717) is 32.4 Å². The molecule has 2 rings (SSSR count). The molecular formula is C38H67N5O13. The number of carboxylic acids is 2. The largest absolute Gasteiger partial charge is 0.519 e. The number of carbonyl (C=O) groups excluding carboxylic acids is 4.